The van der Waals surface area contributed by atoms with Crippen molar-refractivity contribution in [1.29, 1.82) is 0 Å². The molecule has 0 radical (unpaired) electrons. The maximum absolute atomic E-state index is 12.9. The van der Waals surface area contributed by atoms with Crippen molar-refractivity contribution >= 4 is 43.3 Å². The molecule has 0 bridgehead atoms. The van der Waals surface area contributed by atoms with E-state index in [1.165, 1.54) is 47.0 Å². The molecule has 8 nitrogen and oxygen atoms in total. The molecule has 2 heterocycles. The number of aromatic nitrogens is 3. The zero-order chi connectivity index (χ0) is 23.0. The summed E-state index contributed by atoms with van der Waals surface area (Å²) in [6, 6.07) is 15.3. The van der Waals surface area contributed by atoms with Gasteiger partial charge >= 0.3 is 0 Å². The van der Waals surface area contributed by atoms with Crippen molar-refractivity contribution < 1.29 is 13.2 Å². The highest BCUT2D eigenvalue weighted by Crippen LogP contribution is 2.27. The van der Waals surface area contributed by atoms with Crippen LogP contribution in [0.25, 0.3) is 15.3 Å². The Morgan fingerprint density at radius 2 is 1.81 bits per heavy atom. The van der Waals surface area contributed by atoms with Gasteiger partial charge in [-0.15, -0.1) is 0 Å². The molecule has 0 saturated carbocycles. The third kappa shape index (κ3) is 4.16. The molecule has 1 N–H and O–H groups in total. The van der Waals surface area contributed by atoms with E-state index in [1.807, 2.05) is 31.2 Å². The molecule has 1 amide bonds. The summed E-state index contributed by atoms with van der Waals surface area (Å²) in [4.78, 5) is 17.6. The quantitative estimate of drug-likeness (QED) is 0.459. The Hall–Kier alpha value is -3.08. The molecule has 4 rings (SSSR count). The van der Waals surface area contributed by atoms with E-state index in [9.17, 15) is 13.2 Å². The zero-order valence-electron chi connectivity index (χ0n) is 18.1. The minimum atomic E-state index is -3.61. The Morgan fingerprint density at radius 3 is 2.47 bits per heavy atom. The van der Waals surface area contributed by atoms with Gasteiger partial charge in [-0.1, -0.05) is 23.5 Å². The number of nitrogens with zero attached hydrogens (tertiary/aromatic N) is 4. The summed E-state index contributed by atoms with van der Waals surface area (Å²) >= 11 is 1.48. The number of para-hydroxylation sites is 1. The van der Waals surface area contributed by atoms with E-state index >= 15 is 0 Å². The molecule has 0 unspecified atom stereocenters. The Morgan fingerprint density at radius 1 is 1.12 bits per heavy atom. The molecule has 0 aliphatic rings. The Bertz CT molecular complexity index is 1360. The van der Waals surface area contributed by atoms with Crippen molar-refractivity contribution in [1.82, 2.24) is 19.1 Å². The number of sulfonamides is 1. The predicted octanol–water partition coefficient (Wildman–Crippen LogP) is 4.07. The lowest BCUT2D eigenvalue weighted by Crippen LogP contribution is -2.33. The smallest absolute Gasteiger partial charge is 0.256 e. The van der Waals surface area contributed by atoms with E-state index in [-0.39, 0.29) is 16.8 Å². The number of fused-ring (bicyclic) bond motifs is 1. The van der Waals surface area contributed by atoms with Crippen molar-refractivity contribution in [3.63, 3.8) is 0 Å². The molecule has 0 atom stereocenters. The van der Waals surface area contributed by atoms with Gasteiger partial charge in [0.05, 0.1) is 20.8 Å². The number of carbonyl (C=O) groups excluding carboxylic acids is 1. The standard InChI is InChI=1S/C22H23N5O3S2/c1-14(2)26(4)32(29,30)17-11-9-16(10-12-17)21(28)24-20-13-15(3)25-27(20)22-23-18-7-5-6-8-19(18)31-22/h5-14H,1-4H3,(H,24,28). The molecular weight excluding hydrogens is 446 g/mol. The minimum Gasteiger partial charge on any atom is -0.306 e. The van der Waals surface area contributed by atoms with Crippen LogP contribution in [0.4, 0.5) is 5.82 Å². The summed E-state index contributed by atoms with van der Waals surface area (Å²) in [5.41, 5.74) is 1.93. The second-order valence-corrected chi connectivity index (χ2v) is 10.6. The Kier molecular flexibility index (Phi) is 5.85. The van der Waals surface area contributed by atoms with E-state index in [0.29, 0.717) is 16.5 Å². The molecule has 0 fully saturated rings. The number of carbonyl (C=O) groups is 1. The first-order valence-electron chi connectivity index (χ1n) is 9.99. The van der Waals surface area contributed by atoms with E-state index in [1.54, 1.807) is 24.6 Å². The van der Waals surface area contributed by atoms with Gasteiger partial charge in [0, 0.05) is 24.7 Å². The molecule has 32 heavy (non-hydrogen) atoms. The van der Waals surface area contributed by atoms with Gasteiger partial charge in [0.15, 0.2) is 0 Å². The maximum Gasteiger partial charge on any atom is 0.256 e. The second-order valence-electron chi connectivity index (χ2n) is 7.64. The molecule has 0 spiro atoms. The number of thiazole rings is 1. The van der Waals surface area contributed by atoms with Gasteiger partial charge in [0.2, 0.25) is 15.2 Å². The van der Waals surface area contributed by atoms with Crippen LogP contribution in [0.15, 0.2) is 59.5 Å². The molecule has 4 aromatic rings. The first-order chi connectivity index (χ1) is 15.2. The van der Waals surface area contributed by atoms with Gasteiger partial charge in [0.25, 0.3) is 5.91 Å². The number of nitrogens with one attached hydrogen (secondary N) is 1. The van der Waals surface area contributed by atoms with Crippen LogP contribution in [0.2, 0.25) is 0 Å². The number of amides is 1. The first kappa shape index (κ1) is 22.1. The summed E-state index contributed by atoms with van der Waals surface area (Å²) in [6.07, 6.45) is 0. The summed E-state index contributed by atoms with van der Waals surface area (Å²) < 4.78 is 29.2. The number of aryl methyl sites for hydroxylation is 1. The Balaban J connectivity index is 1.59. The zero-order valence-corrected chi connectivity index (χ0v) is 19.7. The van der Waals surface area contributed by atoms with E-state index in [2.05, 4.69) is 15.4 Å². The van der Waals surface area contributed by atoms with Gasteiger partial charge in [-0.3, -0.25) is 4.79 Å². The molecule has 0 saturated heterocycles. The van der Waals surface area contributed by atoms with E-state index in [0.717, 1.165) is 15.9 Å². The summed E-state index contributed by atoms with van der Waals surface area (Å²) in [6.45, 7) is 5.44. The monoisotopic (exact) mass is 469 g/mol. The number of benzene rings is 2. The maximum atomic E-state index is 12.9. The average molecular weight is 470 g/mol. The van der Waals surface area contributed by atoms with Gasteiger partial charge in [0.1, 0.15) is 5.82 Å². The summed E-state index contributed by atoms with van der Waals surface area (Å²) in [5.74, 6) is 0.121. The van der Waals surface area contributed by atoms with Crippen molar-refractivity contribution in [2.45, 2.75) is 31.7 Å². The fourth-order valence-electron chi connectivity index (χ4n) is 3.10. The fourth-order valence-corrected chi connectivity index (χ4v) is 5.39. The SMILES string of the molecule is Cc1cc(NC(=O)c2ccc(S(=O)(=O)N(C)C(C)C)cc2)n(-c2nc3ccccc3s2)n1. The van der Waals surface area contributed by atoms with Crippen molar-refractivity contribution in [3.8, 4) is 5.13 Å². The normalized spacial score (nSPS) is 12.1. The van der Waals surface area contributed by atoms with Crippen LogP contribution in [0, 0.1) is 6.92 Å². The molecule has 166 valence electrons. The second kappa shape index (κ2) is 8.45. The van der Waals surface area contributed by atoms with E-state index in [4.69, 9.17) is 0 Å². The van der Waals surface area contributed by atoms with Gasteiger partial charge in [-0.05, 0) is 57.2 Å². The summed E-state index contributed by atoms with van der Waals surface area (Å²) in [7, 11) is -2.08. The van der Waals surface area contributed by atoms with Crippen LogP contribution in [0.5, 0.6) is 0 Å². The minimum absolute atomic E-state index is 0.139. The number of anilines is 1. The van der Waals surface area contributed by atoms with Gasteiger partial charge < -0.3 is 5.32 Å². The number of hydrogen-bond acceptors (Lipinski definition) is 6. The number of rotatable bonds is 6. The average Bonchev–Trinajstić information content (AvgIpc) is 3.35. The highest BCUT2D eigenvalue weighted by Gasteiger charge is 2.23. The van der Waals surface area contributed by atoms with Crippen LogP contribution < -0.4 is 5.32 Å². The highest BCUT2D eigenvalue weighted by molar-refractivity contribution is 7.89. The summed E-state index contributed by atoms with van der Waals surface area (Å²) in [5, 5.41) is 7.97. The van der Waals surface area contributed by atoms with Crippen molar-refractivity contribution in [2.24, 2.45) is 0 Å². The molecule has 0 aliphatic heterocycles. The van der Waals surface area contributed by atoms with Crippen LogP contribution in [0.3, 0.4) is 0 Å². The van der Waals surface area contributed by atoms with Crippen molar-refractivity contribution in [2.75, 3.05) is 12.4 Å². The molecule has 2 aromatic carbocycles. The Labute approximate surface area is 190 Å². The predicted molar refractivity (Wildman–Crippen MR) is 126 cm³/mol. The third-order valence-electron chi connectivity index (χ3n) is 5.06. The highest BCUT2D eigenvalue weighted by atomic mass is 32.2. The topological polar surface area (TPSA) is 97.2 Å². The molecule has 10 heteroatoms. The van der Waals surface area contributed by atoms with Gasteiger partial charge in [-0.25, -0.2) is 13.4 Å². The van der Waals surface area contributed by atoms with Crippen LogP contribution in [0.1, 0.15) is 29.9 Å². The lowest BCUT2D eigenvalue weighted by atomic mass is 10.2. The largest absolute Gasteiger partial charge is 0.306 e. The number of hydrogen-bond donors (Lipinski definition) is 1. The van der Waals surface area contributed by atoms with Crippen LogP contribution in [-0.2, 0) is 10.0 Å². The third-order valence-corrected chi connectivity index (χ3v) is 8.12. The van der Waals surface area contributed by atoms with Gasteiger partial charge in [-0.2, -0.15) is 14.1 Å². The van der Waals surface area contributed by atoms with E-state index < -0.39 is 10.0 Å². The lowest BCUT2D eigenvalue weighted by Gasteiger charge is -2.21. The molecule has 2 aromatic heterocycles. The molecular formula is C22H23N5O3S2. The fraction of sp³-hybridized carbons (Fsp3) is 0.227. The van der Waals surface area contributed by atoms with Crippen LogP contribution >= 0.6 is 11.3 Å². The van der Waals surface area contributed by atoms with Crippen LogP contribution in [-0.4, -0.2) is 46.5 Å². The molecule has 0 aliphatic carbocycles. The first-order valence-corrected chi connectivity index (χ1v) is 12.2. The lowest BCUT2D eigenvalue weighted by molar-refractivity contribution is 0.102. The van der Waals surface area contributed by atoms with Crippen molar-refractivity contribution in [3.05, 3.63) is 65.9 Å².